The summed E-state index contributed by atoms with van der Waals surface area (Å²) in [7, 11) is 0. The molecule has 1 aliphatic rings. The molecule has 0 saturated heterocycles. The molecule has 2 N–H and O–H groups in total. The number of anilines is 1. The van der Waals surface area contributed by atoms with Crippen molar-refractivity contribution in [2.45, 2.75) is 90.8 Å². The van der Waals surface area contributed by atoms with Gasteiger partial charge in [0.25, 0.3) is 0 Å². The number of nitrogens with zero attached hydrogens (tertiary/aromatic N) is 2. The molecule has 5 rings (SSSR count). The first-order valence-electron chi connectivity index (χ1n) is 15.3. The number of nitrogens with one attached hydrogen (secondary N) is 2. The molecule has 226 valence electrons. The lowest BCUT2D eigenvalue weighted by atomic mass is 9.96. The zero-order chi connectivity index (χ0) is 30.6. The van der Waals surface area contributed by atoms with E-state index in [-0.39, 0.29) is 18.0 Å². The molecule has 4 aromatic rings. The van der Waals surface area contributed by atoms with E-state index < -0.39 is 5.60 Å². The van der Waals surface area contributed by atoms with Crippen LogP contribution in [0.4, 0.5) is 10.5 Å². The second-order valence-electron chi connectivity index (χ2n) is 12.4. The number of carbonyl (C=O) groups excluding carboxylic acids is 2. The summed E-state index contributed by atoms with van der Waals surface area (Å²) >= 11 is 6.71. The van der Waals surface area contributed by atoms with Gasteiger partial charge in [-0.05, 0) is 74.9 Å². The smallest absolute Gasteiger partial charge is 0.339 e. The van der Waals surface area contributed by atoms with Gasteiger partial charge in [0.15, 0.2) is 0 Å². The van der Waals surface area contributed by atoms with Crippen molar-refractivity contribution in [1.29, 1.82) is 0 Å². The summed E-state index contributed by atoms with van der Waals surface area (Å²) in [5.74, 6) is 0.609. The van der Waals surface area contributed by atoms with Crippen molar-refractivity contribution >= 4 is 40.3 Å². The maximum atomic E-state index is 12.9. The maximum Gasteiger partial charge on any atom is 0.339 e. The lowest BCUT2D eigenvalue weighted by Crippen LogP contribution is -2.39. The van der Waals surface area contributed by atoms with Crippen molar-refractivity contribution in [2.75, 3.05) is 5.32 Å². The van der Waals surface area contributed by atoms with Gasteiger partial charge in [-0.3, -0.25) is 0 Å². The van der Waals surface area contributed by atoms with Crippen LogP contribution in [0.15, 0.2) is 60.7 Å². The van der Waals surface area contributed by atoms with Crippen LogP contribution in [0.25, 0.3) is 22.2 Å². The Morgan fingerprint density at radius 2 is 1.74 bits per heavy atom. The molecule has 2 amide bonds. The van der Waals surface area contributed by atoms with Crippen LogP contribution >= 0.6 is 11.6 Å². The monoisotopic (exact) mass is 600 g/mol. The predicted molar refractivity (Wildman–Crippen MR) is 174 cm³/mol. The second kappa shape index (κ2) is 13.2. The highest BCUT2D eigenvalue weighted by Crippen LogP contribution is 2.31. The number of ether oxygens (including phenoxy) is 1. The summed E-state index contributed by atoms with van der Waals surface area (Å²) < 4.78 is 7.83. The normalized spacial score (nSPS) is 14.1. The number of rotatable bonds is 8. The van der Waals surface area contributed by atoms with Gasteiger partial charge < -0.3 is 19.9 Å². The van der Waals surface area contributed by atoms with E-state index in [1.165, 1.54) is 6.42 Å². The Kier molecular flexibility index (Phi) is 9.40. The summed E-state index contributed by atoms with van der Waals surface area (Å²) in [5.41, 5.74) is 5.07. The molecule has 1 fully saturated rings. The Labute approximate surface area is 259 Å². The largest absolute Gasteiger partial charge is 0.456 e. The molecule has 0 unspecified atom stereocenters. The fourth-order valence-electron chi connectivity index (χ4n) is 5.71. The predicted octanol–water partition coefficient (Wildman–Crippen LogP) is 8.77. The number of urea groups is 1. The molecule has 0 aliphatic heterocycles. The molecule has 3 aromatic carbocycles. The average molecular weight is 601 g/mol. The Morgan fingerprint density at radius 1 is 1.02 bits per heavy atom. The quantitative estimate of drug-likeness (QED) is 0.198. The lowest BCUT2D eigenvalue weighted by Gasteiger charge is -2.22. The number of halogens is 1. The van der Waals surface area contributed by atoms with E-state index in [9.17, 15) is 9.59 Å². The van der Waals surface area contributed by atoms with Crippen LogP contribution in [0, 0.1) is 0 Å². The van der Waals surface area contributed by atoms with Crippen molar-refractivity contribution < 1.29 is 14.3 Å². The third-order valence-corrected chi connectivity index (χ3v) is 8.00. The van der Waals surface area contributed by atoms with Gasteiger partial charge in [0.2, 0.25) is 0 Å². The molecule has 1 aromatic heterocycles. The number of esters is 1. The lowest BCUT2D eigenvalue weighted by molar-refractivity contribution is 0.00704. The Balaban J connectivity index is 1.40. The number of carbonyl (C=O) groups is 2. The summed E-state index contributed by atoms with van der Waals surface area (Å²) in [5, 5.41) is 6.62. The maximum absolute atomic E-state index is 12.9. The first kappa shape index (κ1) is 30.6. The molecule has 8 heteroatoms. The van der Waals surface area contributed by atoms with Crippen LogP contribution in [0.1, 0.15) is 88.0 Å². The standard InChI is InChI=1S/C35H41ClN4O3/c1-5-11-31-39-32-29(36)20-26(38-34(42)37-25-12-7-6-8-13-25)21-30(32)40(31)22-23-16-18-24(19-17-23)27-14-9-10-15-28(27)33(41)43-35(2,3)4/h9-10,14-21,25H,5-8,11-13,22H2,1-4H3,(H2,37,38,42). The van der Waals surface area contributed by atoms with Gasteiger partial charge in [-0.1, -0.05) is 80.3 Å². The highest BCUT2D eigenvalue weighted by atomic mass is 35.5. The highest BCUT2D eigenvalue weighted by molar-refractivity contribution is 6.35. The first-order chi connectivity index (χ1) is 20.6. The summed E-state index contributed by atoms with van der Waals surface area (Å²) in [6.07, 6.45) is 7.32. The van der Waals surface area contributed by atoms with E-state index in [1.807, 2.05) is 57.2 Å². The molecular weight excluding hydrogens is 560 g/mol. The van der Waals surface area contributed by atoms with Crippen LogP contribution in [-0.4, -0.2) is 33.2 Å². The number of amides is 2. The number of aryl methyl sites for hydroxylation is 1. The molecule has 0 spiro atoms. The summed E-state index contributed by atoms with van der Waals surface area (Å²) in [6, 6.07) is 19.5. The number of hydrogen-bond acceptors (Lipinski definition) is 4. The minimum Gasteiger partial charge on any atom is -0.456 e. The molecule has 1 saturated carbocycles. The zero-order valence-corrected chi connectivity index (χ0v) is 26.3. The van der Waals surface area contributed by atoms with E-state index in [1.54, 1.807) is 12.1 Å². The molecular formula is C35H41ClN4O3. The van der Waals surface area contributed by atoms with Gasteiger partial charge in [-0.15, -0.1) is 0 Å². The Bertz CT molecular complexity index is 1600. The van der Waals surface area contributed by atoms with E-state index in [0.717, 1.165) is 72.1 Å². The van der Waals surface area contributed by atoms with E-state index in [4.69, 9.17) is 21.3 Å². The van der Waals surface area contributed by atoms with Crippen molar-refractivity contribution in [1.82, 2.24) is 14.9 Å². The van der Waals surface area contributed by atoms with Crippen molar-refractivity contribution in [3.8, 4) is 11.1 Å². The Morgan fingerprint density at radius 3 is 2.44 bits per heavy atom. The molecule has 7 nitrogen and oxygen atoms in total. The fraction of sp³-hybridized carbons (Fsp3) is 0.400. The fourth-order valence-corrected chi connectivity index (χ4v) is 5.97. The molecule has 1 aliphatic carbocycles. The van der Waals surface area contributed by atoms with Crippen molar-refractivity contribution in [2.24, 2.45) is 0 Å². The topological polar surface area (TPSA) is 85.3 Å². The molecule has 0 radical (unpaired) electrons. The van der Waals surface area contributed by atoms with Crippen molar-refractivity contribution in [3.05, 3.63) is 82.6 Å². The van der Waals surface area contributed by atoms with E-state index in [2.05, 4.69) is 34.3 Å². The van der Waals surface area contributed by atoms with Gasteiger partial charge >= 0.3 is 12.0 Å². The number of hydrogen-bond donors (Lipinski definition) is 2. The van der Waals surface area contributed by atoms with Crippen molar-refractivity contribution in [3.63, 3.8) is 0 Å². The number of benzene rings is 3. The van der Waals surface area contributed by atoms with Gasteiger partial charge in [-0.25, -0.2) is 14.6 Å². The van der Waals surface area contributed by atoms with E-state index in [0.29, 0.717) is 22.8 Å². The van der Waals surface area contributed by atoms with Gasteiger partial charge in [0.1, 0.15) is 16.9 Å². The summed E-state index contributed by atoms with van der Waals surface area (Å²) in [4.78, 5) is 30.6. The highest BCUT2D eigenvalue weighted by Gasteiger charge is 2.21. The van der Waals surface area contributed by atoms with Crippen LogP contribution in [0.5, 0.6) is 0 Å². The van der Waals surface area contributed by atoms with E-state index >= 15 is 0 Å². The Hall–Kier alpha value is -3.84. The van der Waals surface area contributed by atoms with Crippen LogP contribution in [0.3, 0.4) is 0 Å². The third-order valence-electron chi connectivity index (χ3n) is 7.71. The molecule has 1 heterocycles. The summed E-state index contributed by atoms with van der Waals surface area (Å²) in [6.45, 7) is 8.33. The van der Waals surface area contributed by atoms with Gasteiger partial charge in [0.05, 0.1) is 16.1 Å². The second-order valence-corrected chi connectivity index (χ2v) is 12.8. The first-order valence-corrected chi connectivity index (χ1v) is 15.7. The minimum atomic E-state index is -0.574. The number of fused-ring (bicyclic) bond motifs is 1. The molecule has 0 atom stereocenters. The zero-order valence-electron chi connectivity index (χ0n) is 25.5. The molecule has 0 bridgehead atoms. The van der Waals surface area contributed by atoms with Crippen LogP contribution < -0.4 is 10.6 Å². The SMILES string of the molecule is CCCc1nc2c(Cl)cc(NC(=O)NC3CCCCC3)cc2n1Cc1ccc(-c2ccccc2C(=O)OC(C)(C)C)cc1. The third kappa shape index (κ3) is 7.57. The molecule has 43 heavy (non-hydrogen) atoms. The average Bonchev–Trinajstić information content (AvgIpc) is 3.30. The van der Waals surface area contributed by atoms with Crippen LogP contribution in [-0.2, 0) is 17.7 Å². The van der Waals surface area contributed by atoms with Crippen LogP contribution in [0.2, 0.25) is 5.02 Å². The number of imidazole rings is 1. The minimum absolute atomic E-state index is 0.204. The van der Waals surface area contributed by atoms with Gasteiger partial charge in [-0.2, -0.15) is 0 Å². The number of aromatic nitrogens is 2. The van der Waals surface area contributed by atoms with Gasteiger partial charge in [0, 0.05) is 24.7 Å².